The van der Waals surface area contributed by atoms with Crippen LogP contribution < -0.4 is 9.47 Å². The summed E-state index contributed by atoms with van der Waals surface area (Å²) in [7, 11) is 0. The Morgan fingerprint density at radius 1 is 0.659 bits per heavy atom. The molecule has 0 amide bonds. The van der Waals surface area contributed by atoms with E-state index in [0.29, 0.717) is 24.6 Å². The zero-order valence-corrected chi connectivity index (χ0v) is 23.7. The van der Waals surface area contributed by atoms with E-state index in [1.165, 1.54) is 12.2 Å². The van der Waals surface area contributed by atoms with Crippen LogP contribution in [0.3, 0.4) is 0 Å². The van der Waals surface area contributed by atoms with Gasteiger partial charge in [-0.2, -0.15) is 0 Å². The molecule has 2 aliphatic heterocycles. The van der Waals surface area contributed by atoms with Crippen molar-refractivity contribution in [3.05, 3.63) is 143 Å². The Morgan fingerprint density at radius 2 is 1.11 bits per heavy atom. The number of benzene rings is 2. The molecule has 0 bridgehead atoms. The van der Waals surface area contributed by atoms with E-state index in [4.69, 9.17) is 18.9 Å². The maximum Gasteiger partial charge on any atom is 0.331 e. The fraction of sp³-hybridized carbons (Fsp3) is 0.111. The second kappa shape index (κ2) is 13.5. The lowest BCUT2D eigenvalue weighted by Crippen LogP contribution is -2.07. The summed E-state index contributed by atoms with van der Waals surface area (Å²) in [5.74, 6) is 0.724. The molecule has 0 aliphatic carbocycles. The fourth-order valence-corrected chi connectivity index (χ4v) is 4.62. The third-order valence-corrected chi connectivity index (χ3v) is 6.85. The molecule has 2 aromatic heterocycles. The normalized spacial score (nSPS) is 13.6. The van der Waals surface area contributed by atoms with Gasteiger partial charge in [0.1, 0.15) is 37.9 Å². The van der Waals surface area contributed by atoms with Crippen LogP contribution in [0.15, 0.2) is 121 Å². The van der Waals surface area contributed by atoms with Crippen LogP contribution in [0.1, 0.15) is 22.3 Å². The Kier molecular flexibility index (Phi) is 8.69. The second-order valence-corrected chi connectivity index (χ2v) is 10.1. The summed E-state index contributed by atoms with van der Waals surface area (Å²) in [6.45, 7) is 0.931. The van der Waals surface area contributed by atoms with Gasteiger partial charge in [0.05, 0.1) is 11.4 Å². The number of rotatable bonds is 9. The predicted molar refractivity (Wildman–Crippen MR) is 165 cm³/mol. The van der Waals surface area contributed by atoms with E-state index in [2.05, 4.69) is 9.97 Å². The zero-order valence-electron chi connectivity index (χ0n) is 23.7. The quantitative estimate of drug-likeness (QED) is 0.167. The number of para-hydroxylation sites is 2. The Bertz CT molecular complexity index is 1690. The van der Waals surface area contributed by atoms with Gasteiger partial charge in [0, 0.05) is 35.7 Å². The molecule has 0 N–H and O–H groups in total. The van der Waals surface area contributed by atoms with Gasteiger partial charge in [-0.15, -0.1) is 0 Å². The van der Waals surface area contributed by atoms with E-state index in [-0.39, 0.29) is 13.2 Å². The predicted octanol–water partition coefficient (Wildman–Crippen LogP) is 6.29. The highest BCUT2D eigenvalue weighted by Gasteiger charge is 2.11. The number of carbonyl (C=O) groups is 2. The molecule has 8 nitrogen and oxygen atoms in total. The molecule has 0 unspecified atom stereocenters. The number of ether oxygens (including phenoxy) is 4. The SMILES string of the molecule is O=C(/C=C/C1=Cc2ccccc2OC1)OCc1ccnc(-c2cc(COC(=O)/C=C/C3=Cc4ccccc4OC3)ccn2)c1. The van der Waals surface area contributed by atoms with E-state index < -0.39 is 11.9 Å². The minimum Gasteiger partial charge on any atom is -0.488 e. The molecule has 0 fully saturated rings. The van der Waals surface area contributed by atoms with Crippen LogP contribution in [0.25, 0.3) is 23.5 Å². The number of hydrogen-bond acceptors (Lipinski definition) is 8. The minimum absolute atomic E-state index is 0.0772. The van der Waals surface area contributed by atoms with Crippen molar-refractivity contribution in [2.24, 2.45) is 0 Å². The zero-order chi connectivity index (χ0) is 30.1. The standard InChI is InChI=1S/C36H28N2O6/c39-35(11-9-25-17-29-5-1-3-7-33(29)41-21-25)43-23-27-13-15-37-31(19-27)32-20-28(14-16-38-32)24-44-36(40)12-10-26-18-30-6-2-4-8-34(30)42-22-26/h1-20H,21-24H2/b11-9+,12-10+. The summed E-state index contributed by atoms with van der Waals surface area (Å²) >= 11 is 0. The summed E-state index contributed by atoms with van der Waals surface area (Å²) in [5.41, 5.74) is 6.43. The first-order valence-corrected chi connectivity index (χ1v) is 14.0. The monoisotopic (exact) mass is 584 g/mol. The highest BCUT2D eigenvalue weighted by molar-refractivity contribution is 5.84. The Balaban J connectivity index is 1.01. The van der Waals surface area contributed by atoms with Crippen molar-refractivity contribution in [1.29, 1.82) is 0 Å². The first kappa shape index (κ1) is 28.4. The average Bonchev–Trinajstić information content (AvgIpc) is 3.08. The average molecular weight is 585 g/mol. The molecule has 2 aliphatic rings. The number of pyridine rings is 2. The van der Waals surface area contributed by atoms with Crippen molar-refractivity contribution in [2.75, 3.05) is 13.2 Å². The second-order valence-electron chi connectivity index (χ2n) is 10.1. The highest BCUT2D eigenvalue weighted by Crippen LogP contribution is 2.27. The number of carbonyl (C=O) groups excluding carboxylic acids is 2. The van der Waals surface area contributed by atoms with Crippen molar-refractivity contribution in [3.63, 3.8) is 0 Å². The van der Waals surface area contributed by atoms with E-state index in [1.807, 2.05) is 72.8 Å². The van der Waals surface area contributed by atoms with Crippen LogP contribution in [0.5, 0.6) is 11.5 Å². The van der Waals surface area contributed by atoms with Gasteiger partial charge in [-0.1, -0.05) is 36.4 Å². The molecule has 8 heteroatoms. The number of aromatic nitrogens is 2. The van der Waals surface area contributed by atoms with Gasteiger partial charge in [-0.3, -0.25) is 9.97 Å². The van der Waals surface area contributed by atoms with Gasteiger partial charge in [0.2, 0.25) is 0 Å². The smallest absolute Gasteiger partial charge is 0.331 e. The Hall–Kier alpha value is -5.76. The molecule has 44 heavy (non-hydrogen) atoms. The lowest BCUT2D eigenvalue weighted by Gasteiger charge is -2.15. The highest BCUT2D eigenvalue weighted by atomic mass is 16.5. The van der Waals surface area contributed by atoms with Crippen molar-refractivity contribution >= 4 is 24.1 Å². The van der Waals surface area contributed by atoms with E-state index in [0.717, 1.165) is 44.9 Å². The van der Waals surface area contributed by atoms with Gasteiger partial charge in [0.15, 0.2) is 0 Å². The maximum atomic E-state index is 12.4. The first-order chi connectivity index (χ1) is 21.6. The summed E-state index contributed by atoms with van der Waals surface area (Å²) < 4.78 is 22.3. The van der Waals surface area contributed by atoms with Crippen molar-refractivity contribution in [2.45, 2.75) is 13.2 Å². The molecule has 6 rings (SSSR count). The van der Waals surface area contributed by atoms with Crippen LogP contribution in [-0.4, -0.2) is 35.1 Å². The van der Waals surface area contributed by atoms with Crippen LogP contribution in [0, 0.1) is 0 Å². The Labute approximate surface area is 254 Å². The molecule has 0 radical (unpaired) electrons. The van der Waals surface area contributed by atoms with Gasteiger partial charge >= 0.3 is 11.9 Å². The van der Waals surface area contributed by atoms with Gasteiger partial charge < -0.3 is 18.9 Å². The van der Waals surface area contributed by atoms with Crippen molar-refractivity contribution in [1.82, 2.24) is 9.97 Å². The molecule has 4 aromatic rings. The summed E-state index contributed by atoms with van der Waals surface area (Å²) in [4.78, 5) is 33.5. The maximum absolute atomic E-state index is 12.4. The molecule has 0 saturated heterocycles. The van der Waals surface area contributed by atoms with E-state index >= 15 is 0 Å². The lowest BCUT2D eigenvalue weighted by atomic mass is 10.1. The van der Waals surface area contributed by atoms with Gasteiger partial charge in [0.25, 0.3) is 0 Å². The third-order valence-electron chi connectivity index (χ3n) is 6.85. The van der Waals surface area contributed by atoms with Crippen molar-refractivity contribution < 1.29 is 28.5 Å². The molecule has 0 atom stereocenters. The topological polar surface area (TPSA) is 96.8 Å². The minimum atomic E-state index is -0.462. The number of nitrogens with zero attached hydrogens (tertiary/aromatic N) is 2. The number of hydrogen-bond donors (Lipinski definition) is 0. The third kappa shape index (κ3) is 7.35. The molecule has 218 valence electrons. The summed E-state index contributed by atoms with van der Waals surface area (Å²) in [6, 6.07) is 22.6. The lowest BCUT2D eigenvalue weighted by molar-refractivity contribution is -0.139. The van der Waals surface area contributed by atoms with Gasteiger partial charge in [-0.25, -0.2) is 9.59 Å². The van der Waals surface area contributed by atoms with Crippen LogP contribution in [0.2, 0.25) is 0 Å². The van der Waals surface area contributed by atoms with E-state index in [9.17, 15) is 9.59 Å². The number of esters is 2. The fourth-order valence-electron chi connectivity index (χ4n) is 4.62. The van der Waals surface area contributed by atoms with Gasteiger partial charge in [-0.05, 0) is 83.0 Å². The molecule has 4 heterocycles. The van der Waals surface area contributed by atoms with Crippen molar-refractivity contribution in [3.8, 4) is 22.9 Å². The molecular weight excluding hydrogens is 556 g/mol. The summed E-state index contributed by atoms with van der Waals surface area (Å²) in [5, 5.41) is 0. The van der Waals surface area contributed by atoms with Crippen LogP contribution in [0.4, 0.5) is 0 Å². The molecule has 0 spiro atoms. The first-order valence-electron chi connectivity index (χ1n) is 14.0. The molecular formula is C36H28N2O6. The Morgan fingerprint density at radius 3 is 1.59 bits per heavy atom. The summed E-state index contributed by atoms with van der Waals surface area (Å²) in [6.07, 6.45) is 13.4. The largest absolute Gasteiger partial charge is 0.488 e. The number of fused-ring (bicyclic) bond motifs is 2. The molecule has 0 saturated carbocycles. The van der Waals surface area contributed by atoms with E-state index in [1.54, 1.807) is 36.7 Å². The molecule has 2 aromatic carbocycles. The van der Waals surface area contributed by atoms with Crippen LogP contribution in [-0.2, 0) is 32.3 Å². The van der Waals surface area contributed by atoms with Crippen LogP contribution >= 0.6 is 0 Å².